The molecule has 0 heterocycles. The van der Waals surface area contributed by atoms with Gasteiger partial charge < -0.3 is 4.74 Å². The summed E-state index contributed by atoms with van der Waals surface area (Å²) in [5, 5.41) is 0. The molecule has 0 aromatic heterocycles. The average molecular weight is 334 g/mol. The number of carbonyl (C=O) groups is 2. The van der Waals surface area contributed by atoms with Crippen molar-refractivity contribution in [3.8, 4) is 5.75 Å². The van der Waals surface area contributed by atoms with Gasteiger partial charge in [0.1, 0.15) is 11.6 Å². The van der Waals surface area contributed by atoms with Gasteiger partial charge >= 0.3 is 0 Å². The summed E-state index contributed by atoms with van der Waals surface area (Å²) in [4.78, 5) is 24.5. The van der Waals surface area contributed by atoms with Crippen molar-refractivity contribution in [3.05, 3.63) is 59.9 Å². The van der Waals surface area contributed by atoms with E-state index < -0.39 is 11.8 Å². The van der Waals surface area contributed by atoms with Crippen LogP contribution in [-0.4, -0.2) is 24.7 Å². The SMILES string of the molecule is CSc1ccc(C(=O)NNC(=O)COc2ccc(F)cc2)cc1. The van der Waals surface area contributed by atoms with Gasteiger partial charge in [0.15, 0.2) is 6.61 Å². The predicted octanol–water partition coefficient (Wildman–Crippen LogP) is 2.39. The monoisotopic (exact) mass is 334 g/mol. The Morgan fingerprint density at radius 3 is 2.30 bits per heavy atom. The van der Waals surface area contributed by atoms with Crippen LogP contribution in [0.5, 0.6) is 5.75 Å². The molecule has 2 aromatic rings. The zero-order valence-electron chi connectivity index (χ0n) is 12.3. The van der Waals surface area contributed by atoms with Crippen LogP contribution < -0.4 is 15.6 Å². The largest absolute Gasteiger partial charge is 0.484 e. The van der Waals surface area contributed by atoms with Crippen LogP contribution >= 0.6 is 11.8 Å². The van der Waals surface area contributed by atoms with Gasteiger partial charge in [-0.1, -0.05) is 0 Å². The molecule has 0 fully saturated rings. The second kappa shape index (κ2) is 8.19. The van der Waals surface area contributed by atoms with Crippen molar-refractivity contribution < 1.29 is 18.7 Å². The van der Waals surface area contributed by atoms with E-state index in [0.29, 0.717) is 11.3 Å². The van der Waals surface area contributed by atoms with Gasteiger partial charge in [0, 0.05) is 10.5 Å². The number of hydrazine groups is 1. The van der Waals surface area contributed by atoms with Crippen molar-refractivity contribution in [3.63, 3.8) is 0 Å². The Bertz CT molecular complexity index is 675. The van der Waals surface area contributed by atoms with Gasteiger partial charge in [0.05, 0.1) is 0 Å². The highest BCUT2D eigenvalue weighted by Gasteiger charge is 2.08. The molecule has 7 heteroatoms. The standard InChI is InChI=1S/C16H15FN2O3S/c1-23-14-8-2-11(3-9-14)16(21)19-18-15(20)10-22-13-6-4-12(17)5-7-13/h2-9H,10H2,1H3,(H,18,20)(H,19,21). The fraction of sp³-hybridized carbons (Fsp3) is 0.125. The Morgan fingerprint density at radius 1 is 1.04 bits per heavy atom. The van der Waals surface area contributed by atoms with Gasteiger partial charge in [0.25, 0.3) is 11.8 Å². The first-order valence-electron chi connectivity index (χ1n) is 6.70. The summed E-state index contributed by atoms with van der Waals surface area (Å²) >= 11 is 1.57. The maximum atomic E-state index is 12.7. The van der Waals surface area contributed by atoms with E-state index in [0.717, 1.165) is 4.90 Å². The molecule has 0 aliphatic rings. The smallest absolute Gasteiger partial charge is 0.276 e. The molecule has 0 spiro atoms. The van der Waals surface area contributed by atoms with Crippen LogP contribution in [-0.2, 0) is 4.79 Å². The molecular weight excluding hydrogens is 319 g/mol. The van der Waals surface area contributed by atoms with E-state index in [2.05, 4.69) is 10.9 Å². The highest BCUT2D eigenvalue weighted by Crippen LogP contribution is 2.14. The summed E-state index contributed by atoms with van der Waals surface area (Å²) in [5.74, 6) is -0.974. The second-order valence-corrected chi connectivity index (χ2v) is 5.35. The molecule has 0 radical (unpaired) electrons. The molecule has 23 heavy (non-hydrogen) atoms. The molecule has 120 valence electrons. The lowest BCUT2D eigenvalue weighted by Crippen LogP contribution is -2.43. The van der Waals surface area contributed by atoms with Crippen molar-refractivity contribution in [1.29, 1.82) is 0 Å². The average Bonchev–Trinajstić information content (AvgIpc) is 2.59. The Balaban J connectivity index is 1.76. The van der Waals surface area contributed by atoms with Crippen LogP contribution in [0.1, 0.15) is 10.4 Å². The summed E-state index contributed by atoms with van der Waals surface area (Å²) in [6.45, 7) is -0.294. The Labute approximate surface area is 137 Å². The molecule has 2 N–H and O–H groups in total. The maximum absolute atomic E-state index is 12.7. The van der Waals surface area contributed by atoms with Crippen LogP contribution in [0.25, 0.3) is 0 Å². The molecule has 0 atom stereocenters. The van der Waals surface area contributed by atoms with Gasteiger partial charge in [-0.15, -0.1) is 11.8 Å². The van der Waals surface area contributed by atoms with Crippen molar-refractivity contribution in [2.24, 2.45) is 0 Å². The van der Waals surface area contributed by atoms with Gasteiger partial charge in [0.2, 0.25) is 0 Å². The van der Waals surface area contributed by atoms with Gasteiger partial charge in [-0.25, -0.2) is 4.39 Å². The number of hydrogen-bond acceptors (Lipinski definition) is 4. The fourth-order valence-electron chi connectivity index (χ4n) is 1.66. The molecule has 2 amide bonds. The predicted molar refractivity (Wildman–Crippen MR) is 85.7 cm³/mol. The number of halogens is 1. The lowest BCUT2D eigenvalue weighted by molar-refractivity contribution is -0.123. The van der Waals surface area contributed by atoms with Crippen LogP contribution in [0.4, 0.5) is 4.39 Å². The molecule has 0 saturated carbocycles. The van der Waals surface area contributed by atoms with Crippen molar-refractivity contribution >= 4 is 23.6 Å². The number of ether oxygens (including phenoxy) is 1. The molecule has 0 bridgehead atoms. The molecule has 2 aromatic carbocycles. The zero-order chi connectivity index (χ0) is 16.7. The van der Waals surface area contributed by atoms with Gasteiger partial charge in [-0.3, -0.25) is 20.4 Å². The molecule has 0 aliphatic heterocycles. The summed E-state index contributed by atoms with van der Waals surface area (Å²) in [6, 6.07) is 12.3. The Kier molecular flexibility index (Phi) is 5.99. The van der Waals surface area contributed by atoms with Crippen LogP contribution in [0.15, 0.2) is 53.4 Å². The van der Waals surface area contributed by atoms with E-state index in [4.69, 9.17) is 4.74 Å². The summed E-state index contributed by atoms with van der Waals surface area (Å²) < 4.78 is 17.9. The highest BCUT2D eigenvalue weighted by molar-refractivity contribution is 7.98. The third-order valence-electron chi connectivity index (χ3n) is 2.85. The quantitative estimate of drug-likeness (QED) is 0.651. The molecule has 0 saturated heterocycles. The van der Waals surface area contributed by atoms with E-state index in [1.165, 1.54) is 24.3 Å². The molecular formula is C16H15FN2O3S. The van der Waals surface area contributed by atoms with E-state index in [1.54, 1.807) is 23.9 Å². The normalized spacial score (nSPS) is 10.0. The number of nitrogens with one attached hydrogen (secondary N) is 2. The third-order valence-corrected chi connectivity index (χ3v) is 3.59. The van der Waals surface area contributed by atoms with Crippen molar-refractivity contribution in [2.45, 2.75) is 4.90 Å². The van der Waals surface area contributed by atoms with Crippen LogP contribution in [0, 0.1) is 5.82 Å². The second-order valence-electron chi connectivity index (χ2n) is 4.47. The summed E-state index contributed by atoms with van der Waals surface area (Å²) in [7, 11) is 0. The summed E-state index contributed by atoms with van der Waals surface area (Å²) in [6.07, 6.45) is 1.94. The lowest BCUT2D eigenvalue weighted by atomic mass is 10.2. The number of hydrogen-bond donors (Lipinski definition) is 2. The summed E-state index contributed by atoms with van der Waals surface area (Å²) in [5.41, 5.74) is 4.98. The first-order chi connectivity index (χ1) is 11.1. The van der Waals surface area contributed by atoms with Gasteiger partial charge in [-0.2, -0.15) is 0 Å². The zero-order valence-corrected chi connectivity index (χ0v) is 13.2. The minimum atomic E-state index is -0.525. The molecule has 5 nitrogen and oxygen atoms in total. The minimum Gasteiger partial charge on any atom is -0.484 e. The number of carbonyl (C=O) groups excluding carboxylic acids is 2. The van der Waals surface area contributed by atoms with E-state index in [-0.39, 0.29) is 12.4 Å². The van der Waals surface area contributed by atoms with E-state index in [1.807, 2.05) is 18.4 Å². The third kappa shape index (κ3) is 5.30. The Morgan fingerprint density at radius 2 is 1.70 bits per heavy atom. The molecule has 0 aliphatic carbocycles. The first-order valence-corrected chi connectivity index (χ1v) is 7.92. The molecule has 0 unspecified atom stereocenters. The molecule has 2 rings (SSSR count). The topological polar surface area (TPSA) is 67.4 Å². The number of thioether (sulfide) groups is 1. The van der Waals surface area contributed by atoms with E-state index in [9.17, 15) is 14.0 Å². The van der Waals surface area contributed by atoms with Gasteiger partial charge in [-0.05, 0) is 54.8 Å². The Hall–Kier alpha value is -2.54. The number of benzene rings is 2. The highest BCUT2D eigenvalue weighted by atomic mass is 32.2. The number of amides is 2. The van der Waals surface area contributed by atoms with Crippen LogP contribution in [0.2, 0.25) is 0 Å². The van der Waals surface area contributed by atoms with Crippen LogP contribution in [0.3, 0.4) is 0 Å². The lowest BCUT2D eigenvalue weighted by Gasteiger charge is -2.09. The first kappa shape index (κ1) is 16.8. The van der Waals surface area contributed by atoms with E-state index >= 15 is 0 Å². The maximum Gasteiger partial charge on any atom is 0.276 e. The minimum absolute atomic E-state index is 0.294. The van der Waals surface area contributed by atoms with Crippen molar-refractivity contribution in [1.82, 2.24) is 10.9 Å². The van der Waals surface area contributed by atoms with Crippen molar-refractivity contribution in [2.75, 3.05) is 12.9 Å². The number of rotatable bonds is 5. The fourth-order valence-corrected chi connectivity index (χ4v) is 2.07.